The monoisotopic (exact) mass is 205 g/mol. The van der Waals surface area contributed by atoms with Crippen molar-refractivity contribution in [2.24, 2.45) is 0 Å². The highest BCUT2D eigenvalue weighted by Gasteiger charge is 2.09. The molecule has 3 heteroatoms. The van der Waals surface area contributed by atoms with E-state index in [0.717, 1.165) is 10.6 Å². The number of hydrogen-bond acceptors (Lipinski definition) is 3. The molecule has 2 heterocycles. The van der Waals surface area contributed by atoms with E-state index in [1.54, 1.807) is 17.5 Å². The zero-order valence-electron chi connectivity index (χ0n) is 7.63. The lowest BCUT2D eigenvalue weighted by molar-refractivity contribution is 0.181. The van der Waals surface area contributed by atoms with Crippen LogP contribution in [0, 0.1) is 0 Å². The van der Waals surface area contributed by atoms with Gasteiger partial charge in [-0.2, -0.15) is 0 Å². The summed E-state index contributed by atoms with van der Waals surface area (Å²) >= 11 is 1.57. The average molecular weight is 205 g/mol. The Kier molecular flexibility index (Phi) is 2.91. The molecule has 2 aromatic rings. The Bertz CT molecular complexity index is 371. The fourth-order valence-electron chi connectivity index (χ4n) is 1.30. The molecule has 0 spiro atoms. The standard InChI is InChI=1S/C11H11NOS/c13-10(11-5-3-7-14-11)8-9-4-1-2-6-12-9/h1-7,10,13H,8H2. The zero-order valence-corrected chi connectivity index (χ0v) is 8.45. The van der Waals surface area contributed by atoms with E-state index < -0.39 is 6.10 Å². The van der Waals surface area contributed by atoms with Crippen LogP contribution in [0.2, 0.25) is 0 Å². The summed E-state index contributed by atoms with van der Waals surface area (Å²) in [6.45, 7) is 0. The third-order valence-electron chi connectivity index (χ3n) is 2.00. The maximum Gasteiger partial charge on any atom is 0.0937 e. The first-order chi connectivity index (χ1) is 6.86. The van der Waals surface area contributed by atoms with E-state index in [2.05, 4.69) is 4.98 Å². The van der Waals surface area contributed by atoms with Gasteiger partial charge >= 0.3 is 0 Å². The molecule has 0 saturated heterocycles. The number of aliphatic hydroxyl groups excluding tert-OH is 1. The van der Waals surface area contributed by atoms with Gasteiger partial charge in [-0.1, -0.05) is 12.1 Å². The molecule has 0 saturated carbocycles. The molecule has 0 radical (unpaired) electrons. The van der Waals surface area contributed by atoms with Crippen LogP contribution in [0.4, 0.5) is 0 Å². The predicted molar refractivity (Wildman–Crippen MR) is 57.2 cm³/mol. The molecule has 0 aliphatic rings. The normalized spacial score (nSPS) is 12.6. The van der Waals surface area contributed by atoms with Crippen LogP contribution in [0.1, 0.15) is 16.7 Å². The van der Waals surface area contributed by atoms with Crippen LogP contribution in [-0.4, -0.2) is 10.1 Å². The first-order valence-electron chi connectivity index (χ1n) is 4.47. The highest BCUT2D eigenvalue weighted by molar-refractivity contribution is 7.10. The van der Waals surface area contributed by atoms with Gasteiger partial charge in [0, 0.05) is 23.2 Å². The molecule has 1 N–H and O–H groups in total. The Hall–Kier alpha value is -1.19. The van der Waals surface area contributed by atoms with E-state index in [0.29, 0.717) is 6.42 Å². The summed E-state index contributed by atoms with van der Waals surface area (Å²) in [5, 5.41) is 11.8. The second-order valence-corrected chi connectivity index (χ2v) is 4.04. The molecule has 0 aliphatic carbocycles. The van der Waals surface area contributed by atoms with Crippen molar-refractivity contribution in [1.82, 2.24) is 4.98 Å². The second-order valence-electron chi connectivity index (χ2n) is 3.06. The summed E-state index contributed by atoms with van der Waals surface area (Å²) in [5.74, 6) is 0. The van der Waals surface area contributed by atoms with E-state index in [1.165, 1.54) is 0 Å². The highest BCUT2D eigenvalue weighted by Crippen LogP contribution is 2.21. The Morgan fingerprint density at radius 1 is 1.29 bits per heavy atom. The van der Waals surface area contributed by atoms with Gasteiger partial charge < -0.3 is 5.11 Å². The molecular weight excluding hydrogens is 194 g/mol. The Morgan fingerprint density at radius 2 is 2.21 bits per heavy atom. The maximum absolute atomic E-state index is 9.83. The lowest BCUT2D eigenvalue weighted by Crippen LogP contribution is -2.00. The quantitative estimate of drug-likeness (QED) is 0.834. The van der Waals surface area contributed by atoms with Crippen LogP contribution in [0.3, 0.4) is 0 Å². The van der Waals surface area contributed by atoms with E-state index in [1.807, 2.05) is 35.7 Å². The van der Waals surface area contributed by atoms with Gasteiger partial charge in [0.1, 0.15) is 0 Å². The highest BCUT2D eigenvalue weighted by atomic mass is 32.1. The number of pyridine rings is 1. The molecule has 0 bridgehead atoms. The molecule has 0 fully saturated rings. The summed E-state index contributed by atoms with van der Waals surface area (Å²) in [7, 11) is 0. The lowest BCUT2D eigenvalue weighted by atomic mass is 10.1. The van der Waals surface area contributed by atoms with Gasteiger partial charge in [0.2, 0.25) is 0 Å². The van der Waals surface area contributed by atoms with Gasteiger partial charge in [-0.3, -0.25) is 4.98 Å². The van der Waals surface area contributed by atoms with Crippen LogP contribution < -0.4 is 0 Å². The van der Waals surface area contributed by atoms with Crippen LogP contribution >= 0.6 is 11.3 Å². The van der Waals surface area contributed by atoms with Gasteiger partial charge in [-0.05, 0) is 23.6 Å². The maximum atomic E-state index is 9.83. The third-order valence-corrected chi connectivity index (χ3v) is 2.97. The third kappa shape index (κ3) is 2.19. The molecule has 2 rings (SSSR count). The Labute approximate surface area is 86.9 Å². The van der Waals surface area contributed by atoms with Crippen LogP contribution in [0.15, 0.2) is 41.9 Å². The van der Waals surface area contributed by atoms with Gasteiger partial charge in [0.25, 0.3) is 0 Å². The van der Waals surface area contributed by atoms with Crippen molar-refractivity contribution in [1.29, 1.82) is 0 Å². The van der Waals surface area contributed by atoms with Crippen LogP contribution in [0.25, 0.3) is 0 Å². The Balaban J connectivity index is 2.06. The minimum Gasteiger partial charge on any atom is -0.387 e. The van der Waals surface area contributed by atoms with Crippen molar-refractivity contribution in [3.63, 3.8) is 0 Å². The summed E-state index contributed by atoms with van der Waals surface area (Å²) in [6, 6.07) is 9.63. The minimum absolute atomic E-state index is 0.426. The fraction of sp³-hybridized carbons (Fsp3) is 0.182. The van der Waals surface area contributed by atoms with Crippen LogP contribution in [-0.2, 0) is 6.42 Å². The van der Waals surface area contributed by atoms with E-state index in [-0.39, 0.29) is 0 Å². The number of hydrogen-bond donors (Lipinski definition) is 1. The largest absolute Gasteiger partial charge is 0.387 e. The molecule has 1 atom stereocenters. The summed E-state index contributed by atoms with van der Waals surface area (Å²) in [4.78, 5) is 5.17. The fourth-order valence-corrected chi connectivity index (χ4v) is 2.01. The smallest absolute Gasteiger partial charge is 0.0937 e. The Morgan fingerprint density at radius 3 is 2.86 bits per heavy atom. The van der Waals surface area contributed by atoms with Gasteiger partial charge in [0.05, 0.1) is 6.10 Å². The van der Waals surface area contributed by atoms with Crippen molar-refractivity contribution >= 4 is 11.3 Å². The first-order valence-corrected chi connectivity index (χ1v) is 5.35. The van der Waals surface area contributed by atoms with Crippen molar-refractivity contribution in [2.45, 2.75) is 12.5 Å². The molecule has 14 heavy (non-hydrogen) atoms. The first kappa shape index (κ1) is 9.37. The molecule has 72 valence electrons. The summed E-state index contributed by atoms with van der Waals surface area (Å²) in [6.07, 6.45) is 1.91. The molecule has 0 aromatic carbocycles. The molecule has 0 amide bonds. The summed E-state index contributed by atoms with van der Waals surface area (Å²) < 4.78 is 0. The van der Waals surface area contributed by atoms with Crippen LogP contribution in [0.5, 0.6) is 0 Å². The van der Waals surface area contributed by atoms with E-state index in [4.69, 9.17) is 0 Å². The summed E-state index contributed by atoms with van der Waals surface area (Å²) in [5.41, 5.74) is 0.924. The molecule has 2 nitrogen and oxygen atoms in total. The van der Waals surface area contributed by atoms with Crippen molar-refractivity contribution < 1.29 is 5.11 Å². The number of rotatable bonds is 3. The van der Waals surface area contributed by atoms with E-state index >= 15 is 0 Å². The van der Waals surface area contributed by atoms with Crippen molar-refractivity contribution in [3.8, 4) is 0 Å². The van der Waals surface area contributed by atoms with Crippen molar-refractivity contribution in [2.75, 3.05) is 0 Å². The average Bonchev–Trinajstić information content (AvgIpc) is 2.72. The number of thiophene rings is 1. The zero-order chi connectivity index (χ0) is 9.80. The lowest BCUT2D eigenvalue weighted by Gasteiger charge is -2.06. The molecule has 2 aromatic heterocycles. The molecule has 0 aliphatic heterocycles. The van der Waals surface area contributed by atoms with Gasteiger partial charge in [-0.25, -0.2) is 0 Å². The number of aliphatic hydroxyl groups is 1. The molecular formula is C11H11NOS. The predicted octanol–water partition coefficient (Wildman–Crippen LogP) is 2.42. The van der Waals surface area contributed by atoms with Gasteiger partial charge in [-0.15, -0.1) is 11.3 Å². The van der Waals surface area contributed by atoms with Gasteiger partial charge in [0.15, 0.2) is 0 Å². The molecule has 1 unspecified atom stereocenters. The van der Waals surface area contributed by atoms with Crippen molar-refractivity contribution in [3.05, 3.63) is 52.5 Å². The topological polar surface area (TPSA) is 33.1 Å². The SMILES string of the molecule is OC(Cc1ccccn1)c1cccs1. The number of aromatic nitrogens is 1. The number of nitrogens with zero attached hydrogens (tertiary/aromatic N) is 1. The van der Waals surface area contributed by atoms with E-state index in [9.17, 15) is 5.11 Å². The minimum atomic E-state index is -0.426. The second kappa shape index (κ2) is 4.35.